The molecule has 2 heterocycles. The minimum absolute atomic E-state index is 0.0438. The lowest BCUT2D eigenvalue weighted by Gasteiger charge is -2.37. The van der Waals surface area contributed by atoms with Gasteiger partial charge in [-0.15, -0.1) is 0 Å². The van der Waals surface area contributed by atoms with Crippen LogP contribution >= 0.6 is 0 Å². The van der Waals surface area contributed by atoms with Gasteiger partial charge < -0.3 is 5.32 Å². The van der Waals surface area contributed by atoms with Gasteiger partial charge in [0.1, 0.15) is 5.82 Å². The first-order valence-electron chi connectivity index (χ1n) is 11.3. The van der Waals surface area contributed by atoms with Gasteiger partial charge >= 0.3 is 0 Å². The highest BCUT2D eigenvalue weighted by molar-refractivity contribution is 5.79. The second-order valence-corrected chi connectivity index (χ2v) is 8.59. The molecule has 1 aliphatic rings. The second-order valence-electron chi connectivity index (χ2n) is 8.59. The molecule has 1 N–H and O–H groups in total. The second kappa shape index (κ2) is 10.5. The number of likely N-dealkylation sites (tertiary alicyclic amines) is 1. The zero-order valence-electron chi connectivity index (χ0n) is 18.5. The largest absolute Gasteiger partial charge is 0.352 e. The number of hydrogen-bond donors (Lipinski definition) is 1. The normalized spacial score (nSPS) is 18.9. The molecule has 0 saturated carbocycles. The number of piperidine rings is 1. The summed E-state index contributed by atoms with van der Waals surface area (Å²) in [7, 11) is 0. The van der Waals surface area contributed by atoms with Gasteiger partial charge in [0.2, 0.25) is 5.91 Å². The van der Waals surface area contributed by atoms with Crippen LogP contribution < -0.4 is 5.32 Å². The van der Waals surface area contributed by atoms with E-state index in [4.69, 9.17) is 0 Å². The molecule has 0 radical (unpaired) electrons. The van der Waals surface area contributed by atoms with E-state index in [1.54, 1.807) is 18.5 Å². The quantitative estimate of drug-likeness (QED) is 0.590. The number of aromatic nitrogens is 1. The zero-order chi connectivity index (χ0) is 22.3. The van der Waals surface area contributed by atoms with E-state index < -0.39 is 0 Å². The van der Waals surface area contributed by atoms with Gasteiger partial charge in [0.05, 0.1) is 5.92 Å². The first-order valence-corrected chi connectivity index (χ1v) is 11.3. The maximum absolute atomic E-state index is 14.3. The minimum Gasteiger partial charge on any atom is -0.352 e. The number of amides is 1. The number of aryl methyl sites for hydroxylation is 1. The summed E-state index contributed by atoms with van der Waals surface area (Å²) in [5.74, 6) is -0.0691. The van der Waals surface area contributed by atoms with Gasteiger partial charge in [0, 0.05) is 44.1 Å². The smallest absolute Gasteiger partial charge is 0.224 e. The molecule has 5 heteroatoms. The van der Waals surface area contributed by atoms with Gasteiger partial charge in [-0.2, -0.15) is 0 Å². The lowest BCUT2D eigenvalue weighted by atomic mass is 9.83. The molecule has 2 atom stereocenters. The maximum atomic E-state index is 14.3. The van der Waals surface area contributed by atoms with Crippen molar-refractivity contribution in [1.29, 1.82) is 0 Å². The lowest BCUT2D eigenvalue weighted by Crippen LogP contribution is -2.45. The summed E-state index contributed by atoms with van der Waals surface area (Å²) in [6, 6.07) is 19.4. The summed E-state index contributed by atoms with van der Waals surface area (Å²) in [5, 5.41) is 3.08. The van der Waals surface area contributed by atoms with E-state index >= 15 is 0 Å². The molecule has 1 amide bonds. The molecule has 32 heavy (non-hydrogen) atoms. The molecule has 4 nitrogen and oxygen atoms in total. The molecule has 4 rings (SSSR count). The van der Waals surface area contributed by atoms with Crippen LogP contribution in [0.25, 0.3) is 0 Å². The number of nitrogens with zero attached hydrogens (tertiary/aromatic N) is 2. The fourth-order valence-electron chi connectivity index (χ4n) is 4.48. The molecular formula is C27H30FN3O. The molecule has 0 aliphatic carbocycles. The Morgan fingerprint density at radius 2 is 1.88 bits per heavy atom. The molecule has 1 fully saturated rings. The zero-order valence-corrected chi connectivity index (χ0v) is 18.5. The average molecular weight is 432 g/mol. The first-order chi connectivity index (χ1) is 15.6. The van der Waals surface area contributed by atoms with E-state index in [1.807, 2.05) is 24.3 Å². The Kier molecular flexibility index (Phi) is 7.28. The van der Waals surface area contributed by atoms with Crippen molar-refractivity contribution in [3.63, 3.8) is 0 Å². The predicted octanol–water partition coefficient (Wildman–Crippen LogP) is 4.71. The van der Waals surface area contributed by atoms with Crippen molar-refractivity contribution in [1.82, 2.24) is 15.2 Å². The Balaban J connectivity index is 1.50. The summed E-state index contributed by atoms with van der Waals surface area (Å²) in [5.41, 5.74) is 4.19. The van der Waals surface area contributed by atoms with Crippen LogP contribution in [0.5, 0.6) is 0 Å². The van der Waals surface area contributed by atoms with E-state index in [0.717, 1.165) is 24.9 Å². The number of carbonyl (C=O) groups excluding carboxylic acids is 1. The van der Waals surface area contributed by atoms with Crippen LogP contribution in [0.2, 0.25) is 0 Å². The van der Waals surface area contributed by atoms with Crippen molar-refractivity contribution in [2.75, 3.05) is 13.1 Å². The fraction of sp³-hybridized carbons (Fsp3) is 0.333. The van der Waals surface area contributed by atoms with Crippen molar-refractivity contribution in [3.05, 3.63) is 101 Å². The summed E-state index contributed by atoms with van der Waals surface area (Å²) in [4.78, 5) is 19.4. The van der Waals surface area contributed by atoms with Crippen molar-refractivity contribution in [2.45, 2.75) is 38.8 Å². The van der Waals surface area contributed by atoms with E-state index in [-0.39, 0.29) is 23.6 Å². The summed E-state index contributed by atoms with van der Waals surface area (Å²) in [6.07, 6.45) is 5.28. The van der Waals surface area contributed by atoms with Gasteiger partial charge in [-0.1, -0.05) is 55.5 Å². The topological polar surface area (TPSA) is 45.2 Å². The highest BCUT2D eigenvalue weighted by Crippen LogP contribution is 2.32. The number of benzene rings is 2. The van der Waals surface area contributed by atoms with Crippen LogP contribution in [-0.2, 0) is 24.3 Å². The summed E-state index contributed by atoms with van der Waals surface area (Å²) in [6.45, 7) is 4.55. The summed E-state index contributed by atoms with van der Waals surface area (Å²) >= 11 is 0. The third-order valence-corrected chi connectivity index (χ3v) is 6.30. The average Bonchev–Trinajstić information content (AvgIpc) is 2.84. The van der Waals surface area contributed by atoms with E-state index in [9.17, 15) is 9.18 Å². The SMILES string of the molecule is CCc1ccc(C2CC(C(=O)NCc3cccnc3)CN(Cc3ccccc3F)C2)cc1. The Labute approximate surface area is 189 Å². The van der Waals surface area contributed by atoms with Gasteiger partial charge in [-0.3, -0.25) is 14.7 Å². The molecule has 166 valence electrons. The molecule has 1 aliphatic heterocycles. The number of carbonyl (C=O) groups is 1. The fourth-order valence-corrected chi connectivity index (χ4v) is 4.48. The number of rotatable bonds is 7. The van der Waals surface area contributed by atoms with Crippen LogP contribution in [0.3, 0.4) is 0 Å². The van der Waals surface area contributed by atoms with Crippen LogP contribution in [-0.4, -0.2) is 28.9 Å². The van der Waals surface area contributed by atoms with Crippen LogP contribution in [0.1, 0.15) is 41.5 Å². The van der Waals surface area contributed by atoms with Crippen LogP contribution in [0.15, 0.2) is 73.1 Å². The Hall–Kier alpha value is -3.05. The van der Waals surface area contributed by atoms with Gasteiger partial charge in [0.25, 0.3) is 0 Å². The van der Waals surface area contributed by atoms with Crippen molar-refractivity contribution in [2.24, 2.45) is 5.92 Å². The van der Waals surface area contributed by atoms with Gasteiger partial charge in [0.15, 0.2) is 0 Å². The molecule has 0 spiro atoms. The van der Waals surface area contributed by atoms with Gasteiger partial charge in [-0.05, 0) is 47.6 Å². The van der Waals surface area contributed by atoms with Crippen molar-refractivity contribution < 1.29 is 9.18 Å². The standard InChI is InChI=1S/C27H30FN3O/c1-2-20-9-11-22(12-10-20)24-14-25(27(32)30-16-21-6-5-13-29-15-21)19-31(18-24)17-23-7-3-4-8-26(23)28/h3-13,15,24-25H,2,14,16-19H2,1H3,(H,30,32). The Morgan fingerprint density at radius 1 is 1.06 bits per heavy atom. The molecule has 1 aromatic heterocycles. The molecule has 0 bridgehead atoms. The molecule has 2 aromatic carbocycles. The van der Waals surface area contributed by atoms with E-state index in [1.165, 1.54) is 17.2 Å². The van der Waals surface area contributed by atoms with Crippen LogP contribution in [0, 0.1) is 11.7 Å². The van der Waals surface area contributed by atoms with Crippen molar-refractivity contribution >= 4 is 5.91 Å². The summed E-state index contributed by atoms with van der Waals surface area (Å²) < 4.78 is 14.3. The monoisotopic (exact) mass is 431 g/mol. The predicted molar refractivity (Wildman–Crippen MR) is 124 cm³/mol. The molecule has 3 aromatic rings. The third kappa shape index (κ3) is 5.60. The molecular weight excluding hydrogens is 401 g/mol. The van der Waals surface area contributed by atoms with Crippen molar-refractivity contribution in [3.8, 4) is 0 Å². The molecule has 1 saturated heterocycles. The first kappa shape index (κ1) is 22.2. The number of pyridine rings is 1. The molecule has 2 unspecified atom stereocenters. The Morgan fingerprint density at radius 3 is 2.59 bits per heavy atom. The number of halogens is 1. The Bertz CT molecular complexity index is 1020. The minimum atomic E-state index is -0.195. The third-order valence-electron chi connectivity index (χ3n) is 6.30. The van der Waals surface area contributed by atoms with Crippen LogP contribution in [0.4, 0.5) is 4.39 Å². The van der Waals surface area contributed by atoms with E-state index in [2.05, 4.69) is 46.4 Å². The number of hydrogen-bond acceptors (Lipinski definition) is 3. The maximum Gasteiger partial charge on any atom is 0.224 e. The number of nitrogens with one attached hydrogen (secondary N) is 1. The van der Waals surface area contributed by atoms with E-state index in [0.29, 0.717) is 25.2 Å². The lowest BCUT2D eigenvalue weighted by molar-refractivity contribution is -0.127. The highest BCUT2D eigenvalue weighted by atomic mass is 19.1. The van der Waals surface area contributed by atoms with Gasteiger partial charge in [-0.25, -0.2) is 4.39 Å². The highest BCUT2D eigenvalue weighted by Gasteiger charge is 2.32.